The van der Waals surface area contributed by atoms with Gasteiger partial charge in [-0.15, -0.1) is 0 Å². The maximum absolute atomic E-state index is 9.54. The largest absolute Gasteiger partial charge is 0.396 e. The van der Waals surface area contributed by atoms with E-state index in [1.807, 2.05) is 0 Å². The van der Waals surface area contributed by atoms with E-state index in [9.17, 15) is 5.11 Å². The van der Waals surface area contributed by atoms with Gasteiger partial charge < -0.3 is 5.11 Å². The first-order valence-corrected chi connectivity index (χ1v) is 10.3. The summed E-state index contributed by atoms with van der Waals surface area (Å²) in [5, 5.41) is 17.2. The number of hydrogen-bond donors (Lipinski definition) is 2. The molecule has 5 heteroatoms. The van der Waals surface area contributed by atoms with Gasteiger partial charge in [0, 0.05) is 50.6 Å². The molecule has 0 unspecified atom stereocenters. The van der Waals surface area contributed by atoms with Gasteiger partial charge in [-0.25, -0.2) is 0 Å². The number of rotatable bonds is 7. The third kappa shape index (κ3) is 5.28. The Kier molecular flexibility index (Phi) is 6.91. The summed E-state index contributed by atoms with van der Waals surface area (Å²) in [4.78, 5) is 5.25. The zero-order valence-electron chi connectivity index (χ0n) is 16.1. The van der Waals surface area contributed by atoms with E-state index < -0.39 is 0 Å². The molecule has 1 aliphatic carbocycles. The number of H-pyrrole nitrogens is 1. The van der Waals surface area contributed by atoms with Crippen LogP contribution < -0.4 is 0 Å². The Balaban J connectivity index is 1.56. The lowest BCUT2D eigenvalue weighted by atomic mass is 9.92. The summed E-state index contributed by atoms with van der Waals surface area (Å²) < 4.78 is 0. The van der Waals surface area contributed by atoms with Crippen molar-refractivity contribution in [2.75, 3.05) is 26.2 Å². The first-order chi connectivity index (χ1) is 12.2. The topological polar surface area (TPSA) is 55.4 Å². The lowest BCUT2D eigenvalue weighted by Gasteiger charge is -2.46. The Morgan fingerprint density at radius 1 is 1.24 bits per heavy atom. The molecule has 0 bridgehead atoms. The molecule has 0 spiro atoms. The molecule has 142 valence electrons. The van der Waals surface area contributed by atoms with E-state index in [1.54, 1.807) is 0 Å². The minimum absolute atomic E-state index is 0.296. The molecule has 2 N–H and O–H groups in total. The summed E-state index contributed by atoms with van der Waals surface area (Å²) in [6, 6.07) is 3.48. The van der Waals surface area contributed by atoms with Crippen LogP contribution in [0, 0.1) is 5.92 Å². The summed E-state index contributed by atoms with van der Waals surface area (Å²) in [5.41, 5.74) is 2.40. The predicted molar refractivity (Wildman–Crippen MR) is 101 cm³/mol. The quantitative estimate of drug-likeness (QED) is 0.795. The molecule has 5 nitrogen and oxygen atoms in total. The van der Waals surface area contributed by atoms with Crippen molar-refractivity contribution in [1.82, 2.24) is 20.0 Å². The monoisotopic (exact) mass is 348 g/mol. The van der Waals surface area contributed by atoms with Crippen LogP contribution in [-0.2, 0) is 13.0 Å². The summed E-state index contributed by atoms with van der Waals surface area (Å²) in [5.74, 6) is 0.643. The van der Waals surface area contributed by atoms with Gasteiger partial charge in [0.15, 0.2) is 0 Å². The number of nitrogens with one attached hydrogen (secondary N) is 1. The van der Waals surface area contributed by atoms with Crippen LogP contribution in [-0.4, -0.2) is 63.4 Å². The first kappa shape index (κ1) is 18.9. The van der Waals surface area contributed by atoms with Gasteiger partial charge in [0.25, 0.3) is 0 Å². The normalized spacial score (nSPS) is 24.2. The number of aliphatic hydroxyl groups excluding tert-OH is 1. The van der Waals surface area contributed by atoms with E-state index in [0.29, 0.717) is 18.6 Å². The van der Waals surface area contributed by atoms with Crippen molar-refractivity contribution in [3.63, 3.8) is 0 Å². The van der Waals surface area contributed by atoms with Crippen molar-refractivity contribution in [2.24, 2.45) is 5.92 Å². The summed E-state index contributed by atoms with van der Waals surface area (Å²) in [6.45, 7) is 9.04. The predicted octanol–water partition coefficient (Wildman–Crippen LogP) is 2.81. The lowest BCUT2D eigenvalue weighted by molar-refractivity contribution is 0.0133. The Labute approximate surface area is 152 Å². The molecule has 1 atom stereocenters. The number of aromatic amines is 1. The van der Waals surface area contributed by atoms with Crippen LogP contribution in [0.15, 0.2) is 6.07 Å². The number of nitrogens with zero attached hydrogens (tertiary/aromatic N) is 3. The van der Waals surface area contributed by atoms with E-state index >= 15 is 0 Å². The summed E-state index contributed by atoms with van der Waals surface area (Å²) in [7, 11) is 0. The van der Waals surface area contributed by atoms with Crippen LogP contribution in [0.2, 0.25) is 0 Å². The molecule has 1 aliphatic heterocycles. The fourth-order valence-electron chi connectivity index (χ4n) is 4.63. The van der Waals surface area contributed by atoms with Crippen molar-refractivity contribution < 1.29 is 5.11 Å². The van der Waals surface area contributed by atoms with Gasteiger partial charge in [-0.3, -0.25) is 14.9 Å². The zero-order valence-corrected chi connectivity index (χ0v) is 16.1. The van der Waals surface area contributed by atoms with Gasteiger partial charge in [0.05, 0.1) is 5.69 Å². The van der Waals surface area contributed by atoms with Crippen molar-refractivity contribution >= 4 is 0 Å². The number of piperazine rings is 1. The highest BCUT2D eigenvalue weighted by atomic mass is 16.3. The van der Waals surface area contributed by atoms with Gasteiger partial charge in [0.1, 0.15) is 0 Å². The lowest BCUT2D eigenvalue weighted by Crippen LogP contribution is -2.56. The molecule has 2 fully saturated rings. The van der Waals surface area contributed by atoms with Gasteiger partial charge in [-0.2, -0.15) is 5.10 Å². The van der Waals surface area contributed by atoms with Crippen molar-refractivity contribution in [2.45, 2.75) is 77.4 Å². The molecular weight excluding hydrogens is 312 g/mol. The van der Waals surface area contributed by atoms with Crippen LogP contribution in [0.3, 0.4) is 0 Å². The molecule has 0 amide bonds. The van der Waals surface area contributed by atoms with E-state index in [-0.39, 0.29) is 0 Å². The molecule has 2 aliphatic rings. The van der Waals surface area contributed by atoms with Gasteiger partial charge >= 0.3 is 0 Å². The van der Waals surface area contributed by atoms with Crippen molar-refractivity contribution in [3.8, 4) is 0 Å². The van der Waals surface area contributed by atoms with Crippen LogP contribution in [0.1, 0.15) is 63.8 Å². The van der Waals surface area contributed by atoms with Gasteiger partial charge in [-0.05, 0) is 37.7 Å². The van der Waals surface area contributed by atoms with E-state index in [1.165, 1.54) is 43.5 Å². The Hall–Kier alpha value is -0.910. The van der Waals surface area contributed by atoms with Crippen LogP contribution in [0.25, 0.3) is 0 Å². The fraction of sp³-hybridized carbons (Fsp3) is 0.850. The van der Waals surface area contributed by atoms with Gasteiger partial charge in [-0.1, -0.05) is 33.1 Å². The van der Waals surface area contributed by atoms with E-state index in [2.05, 4.69) is 39.9 Å². The molecule has 1 aromatic rings. The van der Waals surface area contributed by atoms with E-state index in [0.717, 1.165) is 45.1 Å². The fourth-order valence-corrected chi connectivity index (χ4v) is 4.63. The average Bonchev–Trinajstić information content (AvgIpc) is 3.02. The average molecular weight is 349 g/mol. The SMILES string of the molecule is CC(C)Cc1cc(CN2CCN(C3CCCCC3)[C@@H](CCO)C2)[nH]n1. The second-order valence-corrected chi connectivity index (χ2v) is 8.41. The minimum atomic E-state index is 0.296. The zero-order chi connectivity index (χ0) is 17.6. The minimum Gasteiger partial charge on any atom is -0.396 e. The number of aromatic nitrogens is 2. The molecule has 0 aromatic carbocycles. The molecule has 0 radical (unpaired) electrons. The van der Waals surface area contributed by atoms with Crippen molar-refractivity contribution in [1.29, 1.82) is 0 Å². The number of aliphatic hydroxyl groups is 1. The molecule has 2 heterocycles. The first-order valence-electron chi connectivity index (χ1n) is 10.3. The summed E-state index contributed by atoms with van der Waals surface area (Å²) >= 11 is 0. The number of hydrogen-bond acceptors (Lipinski definition) is 4. The second-order valence-electron chi connectivity index (χ2n) is 8.41. The molecule has 25 heavy (non-hydrogen) atoms. The molecule has 1 aromatic heterocycles. The molecular formula is C20H36N4O. The smallest absolute Gasteiger partial charge is 0.0628 e. The maximum atomic E-state index is 9.54. The molecule has 3 rings (SSSR count). The van der Waals surface area contributed by atoms with Crippen molar-refractivity contribution in [3.05, 3.63) is 17.5 Å². The Morgan fingerprint density at radius 2 is 2.04 bits per heavy atom. The van der Waals surface area contributed by atoms with Crippen LogP contribution in [0.5, 0.6) is 0 Å². The van der Waals surface area contributed by atoms with E-state index in [4.69, 9.17) is 0 Å². The van der Waals surface area contributed by atoms with Gasteiger partial charge in [0.2, 0.25) is 0 Å². The van der Waals surface area contributed by atoms with Crippen LogP contribution in [0.4, 0.5) is 0 Å². The maximum Gasteiger partial charge on any atom is 0.0628 e. The van der Waals surface area contributed by atoms with Crippen LogP contribution >= 0.6 is 0 Å². The Bertz CT molecular complexity index is 510. The second kappa shape index (κ2) is 9.15. The third-order valence-electron chi connectivity index (χ3n) is 5.81. The molecule has 1 saturated carbocycles. The third-order valence-corrected chi connectivity index (χ3v) is 5.81. The Morgan fingerprint density at radius 3 is 2.76 bits per heavy atom. The summed E-state index contributed by atoms with van der Waals surface area (Å²) in [6.07, 6.45) is 8.79. The highest BCUT2D eigenvalue weighted by Gasteiger charge is 2.32. The standard InChI is InChI=1S/C20H36N4O/c1-16(2)12-17-13-18(22-21-17)14-23-9-10-24(20(15-23)8-11-25)19-6-4-3-5-7-19/h13,16,19-20,25H,3-12,14-15H2,1-2H3,(H,21,22)/t20-/m0/s1. The molecule has 1 saturated heterocycles. The highest BCUT2D eigenvalue weighted by Crippen LogP contribution is 2.27. The highest BCUT2D eigenvalue weighted by molar-refractivity contribution is 5.09.